The van der Waals surface area contributed by atoms with E-state index in [-0.39, 0.29) is 24.2 Å². The molecule has 3 atom stereocenters. The number of pyridine rings is 1. The number of rotatable bonds is 3. The highest BCUT2D eigenvalue weighted by molar-refractivity contribution is 5.94. The molecule has 1 amide bonds. The van der Waals surface area contributed by atoms with Crippen LogP contribution in [0.4, 0.5) is 0 Å². The normalized spacial score (nSPS) is 25.0. The van der Waals surface area contributed by atoms with Crippen molar-refractivity contribution in [1.29, 1.82) is 0 Å². The lowest BCUT2D eigenvalue weighted by molar-refractivity contribution is 0.0585. The minimum Gasteiger partial charge on any atom is -0.373 e. The van der Waals surface area contributed by atoms with E-state index >= 15 is 0 Å². The molecule has 1 aliphatic heterocycles. The number of hydrogen-bond donors (Lipinski definition) is 1. The van der Waals surface area contributed by atoms with Crippen LogP contribution in [0.25, 0.3) is 5.82 Å². The Labute approximate surface area is 123 Å². The molecule has 0 radical (unpaired) electrons. The molecule has 0 spiro atoms. The summed E-state index contributed by atoms with van der Waals surface area (Å²) in [5.41, 5.74) is 0.584. The van der Waals surface area contributed by atoms with Crippen LogP contribution in [0.15, 0.2) is 37.1 Å². The molecule has 1 fully saturated rings. The first-order valence-electron chi connectivity index (χ1n) is 7.04. The van der Waals surface area contributed by atoms with Crippen molar-refractivity contribution in [1.82, 2.24) is 19.9 Å². The maximum absolute atomic E-state index is 12.4. The first kappa shape index (κ1) is 13.8. The van der Waals surface area contributed by atoms with Crippen molar-refractivity contribution < 1.29 is 9.53 Å². The maximum Gasteiger partial charge on any atom is 0.251 e. The summed E-state index contributed by atoms with van der Waals surface area (Å²) in [4.78, 5) is 20.6. The van der Waals surface area contributed by atoms with E-state index in [9.17, 15) is 4.79 Å². The van der Waals surface area contributed by atoms with Gasteiger partial charge in [-0.2, -0.15) is 0 Å². The SMILES string of the molecule is CC1CC(NC(=O)c2ccnc(-n3ccnc3)c2)C(C)O1. The Balaban J connectivity index is 1.75. The number of ether oxygens (including phenoxy) is 1. The Kier molecular flexibility index (Phi) is 3.70. The first-order valence-corrected chi connectivity index (χ1v) is 7.04. The van der Waals surface area contributed by atoms with Crippen molar-refractivity contribution in [3.63, 3.8) is 0 Å². The molecule has 21 heavy (non-hydrogen) atoms. The maximum atomic E-state index is 12.4. The van der Waals surface area contributed by atoms with Gasteiger partial charge in [-0.3, -0.25) is 9.36 Å². The van der Waals surface area contributed by atoms with E-state index in [1.807, 2.05) is 13.8 Å². The van der Waals surface area contributed by atoms with E-state index < -0.39 is 0 Å². The molecule has 3 unspecified atom stereocenters. The van der Waals surface area contributed by atoms with Crippen molar-refractivity contribution >= 4 is 5.91 Å². The topological polar surface area (TPSA) is 69.0 Å². The standard InChI is InChI=1S/C15H18N4O2/c1-10-7-13(11(2)21-10)18-15(20)12-3-4-17-14(8-12)19-6-5-16-9-19/h3-6,8-11,13H,7H2,1-2H3,(H,18,20). The van der Waals surface area contributed by atoms with E-state index in [0.717, 1.165) is 6.42 Å². The van der Waals surface area contributed by atoms with Gasteiger partial charge in [0.25, 0.3) is 5.91 Å². The number of amides is 1. The van der Waals surface area contributed by atoms with E-state index in [1.165, 1.54) is 0 Å². The summed E-state index contributed by atoms with van der Waals surface area (Å²) >= 11 is 0. The minimum absolute atomic E-state index is 0.0407. The molecule has 2 aromatic heterocycles. The average molecular weight is 286 g/mol. The largest absolute Gasteiger partial charge is 0.373 e. The third-order valence-corrected chi connectivity index (χ3v) is 3.69. The van der Waals surface area contributed by atoms with Gasteiger partial charge >= 0.3 is 0 Å². The van der Waals surface area contributed by atoms with Crippen LogP contribution in [0.1, 0.15) is 30.6 Å². The second-order valence-electron chi connectivity index (χ2n) is 5.34. The summed E-state index contributed by atoms with van der Waals surface area (Å²) in [7, 11) is 0. The Morgan fingerprint density at radius 2 is 2.29 bits per heavy atom. The van der Waals surface area contributed by atoms with Crippen LogP contribution in [-0.4, -0.2) is 38.7 Å². The van der Waals surface area contributed by atoms with E-state index in [2.05, 4.69) is 15.3 Å². The zero-order valence-corrected chi connectivity index (χ0v) is 12.1. The fourth-order valence-electron chi connectivity index (χ4n) is 2.59. The molecule has 3 rings (SSSR count). The number of hydrogen-bond acceptors (Lipinski definition) is 4. The molecule has 2 aromatic rings. The summed E-state index contributed by atoms with van der Waals surface area (Å²) in [6.07, 6.45) is 7.81. The molecule has 1 saturated heterocycles. The van der Waals surface area contributed by atoms with Crippen LogP contribution in [0.2, 0.25) is 0 Å². The van der Waals surface area contributed by atoms with Crippen LogP contribution in [0.5, 0.6) is 0 Å². The minimum atomic E-state index is -0.103. The second kappa shape index (κ2) is 5.65. The van der Waals surface area contributed by atoms with Crippen molar-refractivity contribution in [2.75, 3.05) is 0 Å². The molecule has 0 bridgehead atoms. The van der Waals surface area contributed by atoms with Gasteiger partial charge in [-0.05, 0) is 32.4 Å². The lowest BCUT2D eigenvalue weighted by Crippen LogP contribution is -2.39. The van der Waals surface area contributed by atoms with Crippen molar-refractivity contribution in [3.8, 4) is 5.82 Å². The van der Waals surface area contributed by atoms with Crippen molar-refractivity contribution in [2.45, 2.75) is 38.5 Å². The van der Waals surface area contributed by atoms with Crippen LogP contribution in [0.3, 0.4) is 0 Å². The third-order valence-electron chi connectivity index (χ3n) is 3.69. The van der Waals surface area contributed by atoms with Crippen molar-refractivity contribution in [2.24, 2.45) is 0 Å². The van der Waals surface area contributed by atoms with E-state index in [0.29, 0.717) is 11.4 Å². The molecule has 6 heteroatoms. The smallest absolute Gasteiger partial charge is 0.251 e. The molecule has 1 N–H and O–H groups in total. The highest BCUT2D eigenvalue weighted by Gasteiger charge is 2.30. The van der Waals surface area contributed by atoms with Gasteiger partial charge < -0.3 is 10.1 Å². The van der Waals surface area contributed by atoms with E-state index in [1.54, 1.807) is 41.6 Å². The Bertz CT molecular complexity index is 626. The monoisotopic (exact) mass is 286 g/mol. The molecule has 110 valence electrons. The molecule has 0 saturated carbocycles. The zero-order chi connectivity index (χ0) is 14.8. The predicted octanol–water partition coefficient (Wildman–Crippen LogP) is 1.56. The van der Waals surface area contributed by atoms with Crippen LogP contribution >= 0.6 is 0 Å². The van der Waals surface area contributed by atoms with Gasteiger partial charge in [-0.25, -0.2) is 9.97 Å². The molecular weight excluding hydrogens is 268 g/mol. The predicted molar refractivity (Wildman–Crippen MR) is 77.2 cm³/mol. The summed E-state index contributed by atoms with van der Waals surface area (Å²) in [6.45, 7) is 4.00. The fraction of sp³-hybridized carbons (Fsp3) is 0.400. The molecular formula is C15H18N4O2. The van der Waals surface area contributed by atoms with E-state index in [4.69, 9.17) is 4.74 Å². The Morgan fingerprint density at radius 3 is 2.95 bits per heavy atom. The number of carbonyl (C=O) groups excluding carboxylic acids is 1. The third kappa shape index (κ3) is 2.95. The number of imidazole rings is 1. The number of carbonyl (C=O) groups is 1. The number of nitrogens with zero attached hydrogens (tertiary/aromatic N) is 3. The van der Waals surface area contributed by atoms with Crippen LogP contribution in [-0.2, 0) is 4.74 Å². The van der Waals surface area contributed by atoms with Crippen LogP contribution < -0.4 is 5.32 Å². The van der Waals surface area contributed by atoms with Gasteiger partial charge in [-0.1, -0.05) is 0 Å². The second-order valence-corrected chi connectivity index (χ2v) is 5.34. The van der Waals surface area contributed by atoms with Crippen LogP contribution in [0, 0.1) is 0 Å². The Hall–Kier alpha value is -2.21. The highest BCUT2D eigenvalue weighted by atomic mass is 16.5. The lowest BCUT2D eigenvalue weighted by atomic mass is 10.1. The molecule has 3 heterocycles. The number of nitrogens with one attached hydrogen (secondary N) is 1. The fourth-order valence-corrected chi connectivity index (χ4v) is 2.59. The summed E-state index contributed by atoms with van der Waals surface area (Å²) < 4.78 is 7.42. The van der Waals surface area contributed by atoms with Gasteiger partial charge in [-0.15, -0.1) is 0 Å². The Morgan fingerprint density at radius 1 is 1.43 bits per heavy atom. The summed E-state index contributed by atoms with van der Waals surface area (Å²) in [6, 6.07) is 3.51. The van der Waals surface area contributed by atoms with Gasteiger partial charge in [0.2, 0.25) is 0 Å². The zero-order valence-electron chi connectivity index (χ0n) is 12.1. The highest BCUT2D eigenvalue weighted by Crippen LogP contribution is 2.20. The molecule has 6 nitrogen and oxygen atoms in total. The molecule has 0 aromatic carbocycles. The molecule has 1 aliphatic rings. The summed E-state index contributed by atoms with van der Waals surface area (Å²) in [5, 5.41) is 3.03. The number of aromatic nitrogens is 3. The summed E-state index contributed by atoms with van der Waals surface area (Å²) in [5.74, 6) is 0.567. The average Bonchev–Trinajstić information content (AvgIpc) is 3.09. The van der Waals surface area contributed by atoms with Gasteiger partial charge in [0.15, 0.2) is 0 Å². The van der Waals surface area contributed by atoms with Crippen molar-refractivity contribution in [3.05, 3.63) is 42.6 Å². The van der Waals surface area contributed by atoms with Gasteiger partial charge in [0.1, 0.15) is 12.1 Å². The van der Waals surface area contributed by atoms with Gasteiger partial charge in [0, 0.05) is 24.2 Å². The quantitative estimate of drug-likeness (QED) is 0.929. The van der Waals surface area contributed by atoms with Gasteiger partial charge in [0.05, 0.1) is 18.2 Å². The lowest BCUT2D eigenvalue weighted by Gasteiger charge is -2.16. The first-order chi connectivity index (χ1) is 10.1. The molecule has 0 aliphatic carbocycles.